The molecule has 1 atom stereocenters. The van der Waals surface area contributed by atoms with E-state index in [1.165, 1.54) is 0 Å². The number of carbonyl (C=O) groups excluding carboxylic acids is 1. The number of hydrogen-bond acceptors (Lipinski definition) is 2. The van der Waals surface area contributed by atoms with Crippen molar-refractivity contribution in [3.63, 3.8) is 0 Å². The van der Waals surface area contributed by atoms with Gasteiger partial charge in [-0.05, 0) is 12.1 Å². The second-order valence-electron chi connectivity index (χ2n) is 3.47. The molecule has 1 unspecified atom stereocenters. The summed E-state index contributed by atoms with van der Waals surface area (Å²) in [6.45, 7) is 0. The van der Waals surface area contributed by atoms with Gasteiger partial charge in [0.15, 0.2) is 0 Å². The molecule has 1 amide bonds. The van der Waals surface area contributed by atoms with Crippen molar-refractivity contribution in [1.82, 2.24) is 0 Å². The molecule has 2 N–H and O–H groups in total. The predicted molar refractivity (Wildman–Crippen MR) is 55.0 cm³/mol. The summed E-state index contributed by atoms with van der Waals surface area (Å²) in [5.41, 5.74) is -4.60. The molecule has 1 heterocycles. The minimum absolute atomic E-state index is 0.0560. The highest BCUT2D eigenvalue weighted by molar-refractivity contribution is 6.36. The number of hydrogen-bond donors (Lipinski definition) is 2. The Morgan fingerprint density at radius 3 is 2.41 bits per heavy atom. The lowest BCUT2D eigenvalue weighted by atomic mass is 9.95. The number of anilines is 1. The third kappa shape index (κ3) is 1.59. The molecule has 0 aromatic heterocycles. The van der Waals surface area contributed by atoms with Crippen molar-refractivity contribution in [1.29, 1.82) is 0 Å². The minimum Gasteiger partial charge on any atom is -0.368 e. The lowest BCUT2D eigenvalue weighted by Gasteiger charge is -2.24. The Morgan fingerprint density at radius 2 is 1.88 bits per heavy atom. The first-order valence-electron chi connectivity index (χ1n) is 4.28. The van der Waals surface area contributed by atoms with Gasteiger partial charge in [0.05, 0.1) is 10.7 Å². The topological polar surface area (TPSA) is 49.3 Å². The molecule has 3 nitrogen and oxygen atoms in total. The molecule has 1 aromatic rings. The summed E-state index contributed by atoms with van der Waals surface area (Å²) in [6.07, 6.45) is -5.17. The summed E-state index contributed by atoms with van der Waals surface area (Å²) in [7, 11) is 0. The van der Waals surface area contributed by atoms with Gasteiger partial charge in [0, 0.05) is 10.6 Å². The maximum Gasteiger partial charge on any atom is 0.430 e. The Labute approximate surface area is 103 Å². The van der Waals surface area contributed by atoms with E-state index in [0.717, 1.165) is 12.1 Å². The first-order chi connectivity index (χ1) is 7.68. The molecule has 1 aromatic carbocycles. The molecule has 0 aliphatic carbocycles. The lowest BCUT2D eigenvalue weighted by Crippen LogP contribution is -2.48. The van der Waals surface area contributed by atoms with Crippen molar-refractivity contribution < 1.29 is 23.1 Å². The van der Waals surface area contributed by atoms with Crippen LogP contribution in [0.2, 0.25) is 10.0 Å². The van der Waals surface area contributed by atoms with Crippen LogP contribution in [0.25, 0.3) is 0 Å². The highest BCUT2D eigenvalue weighted by Crippen LogP contribution is 2.50. The molecular weight excluding hydrogens is 282 g/mol. The molecule has 92 valence electrons. The number of nitrogens with one attached hydrogen (secondary N) is 1. The summed E-state index contributed by atoms with van der Waals surface area (Å²) < 4.78 is 38.3. The second kappa shape index (κ2) is 3.51. The average molecular weight is 286 g/mol. The predicted octanol–water partition coefficient (Wildman–Crippen LogP) is 2.70. The highest BCUT2D eigenvalue weighted by atomic mass is 35.5. The van der Waals surface area contributed by atoms with Crippen LogP contribution in [0.5, 0.6) is 0 Å². The smallest absolute Gasteiger partial charge is 0.368 e. The van der Waals surface area contributed by atoms with Gasteiger partial charge < -0.3 is 10.4 Å². The maximum atomic E-state index is 12.8. The highest BCUT2D eigenvalue weighted by Gasteiger charge is 2.65. The van der Waals surface area contributed by atoms with E-state index < -0.39 is 28.3 Å². The van der Waals surface area contributed by atoms with Gasteiger partial charge in [0.2, 0.25) is 0 Å². The first kappa shape index (κ1) is 12.5. The summed E-state index contributed by atoms with van der Waals surface area (Å²) in [6, 6.07) is 2.11. The van der Waals surface area contributed by atoms with Crippen LogP contribution in [-0.4, -0.2) is 17.2 Å². The number of halogens is 5. The van der Waals surface area contributed by atoms with Crippen LogP contribution >= 0.6 is 23.2 Å². The lowest BCUT2D eigenvalue weighted by molar-refractivity contribution is -0.252. The number of rotatable bonds is 0. The van der Waals surface area contributed by atoms with E-state index in [1.807, 2.05) is 5.32 Å². The van der Waals surface area contributed by atoms with Crippen molar-refractivity contribution >= 4 is 34.8 Å². The van der Waals surface area contributed by atoms with Crippen molar-refractivity contribution in [3.05, 3.63) is 27.7 Å². The van der Waals surface area contributed by atoms with Crippen LogP contribution in [0, 0.1) is 0 Å². The minimum atomic E-state index is -5.17. The number of amides is 1. The van der Waals surface area contributed by atoms with E-state index in [-0.39, 0.29) is 10.7 Å². The van der Waals surface area contributed by atoms with Gasteiger partial charge in [-0.1, -0.05) is 23.2 Å². The second-order valence-corrected chi connectivity index (χ2v) is 4.32. The van der Waals surface area contributed by atoms with E-state index in [9.17, 15) is 23.1 Å². The van der Waals surface area contributed by atoms with Gasteiger partial charge in [-0.25, -0.2) is 0 Å². The van der Waals surface area contributed by atoms with E-state index in [2.05, 4.69) is 0 Å². The maximum absolute atomic E-state index is 12.8. The van der Waals surface area contributed by atoms with Crippen molar-refractivity contribution in [2.24, 2.45) is 0 Å². The van der Waals surface area contributed by atoms with E-state index in [4.69, 9.17) is 23.2 Å². The monoisotopic (exact) mass is 285 g/mol. The molecule has 0 saturated carbocycles. The van der Waals surface area contributed by atoms with Crippen LogP contribution < -0.4 is 5.32 Å². The van der Waals surface area contributed by atoms with Crippen LogP contribution in [-0.2, 0) is 10.4 Å². The molecule has 0 bridgehead atoms. The van der Waals surface area contributed by atoms with Crippen LogP contribution in [0.3, 0.4) is 0 Å². The quantitative estimate of drug-likeness (QED) is 0.770. The molecule has 0 spiro atoms. The summed E-state index contributed by atoms with van der Waals surface area (Å²) in [4.78, 5) is 11.3. The van der Waals surface area contributed by atoms with Gasteiger partial charge in [0.25, 0.3) is 11.5 Å². The number of fused-ring (bicyclic) bond motifs is 1. The largest absolute Gasteiger partial charge is 0.430 e. The standard InChI is InChI=1S/C9H4Cl2F3NO2/c10-3-1-4(11)6-5(2-3)15-7(16)8(6,17)9(12,13)14/h1-2,17H,(H,15,16). The van der Waals surface area contributed by atoms with Crippen molar-refractivity contribution in [3.8, 4) is 0 Å². The SMILES string of the molecule is O=C1Nc2cc(Cl)cc(Cl)c2C1(O)C(F)(F)F. The zero-order chi connectivity index (χ0) is 13.0. The number of aliphatic hydroxyl groups is 1. The Morgan fingerprint density at radius 1 is 1.29 bits per heavy atom. The average Bonchev–Trinajstić information content (AvgIpc) is 2.38. The van der Waals surface area contributed by atoms with Gasteiger partial charge in [-0.2, -0.15) is 13.2 Å². The Kier molecular flexibility index (Phi) is 2.57. The zero-order valence-corrected chi connectivity index (χ0v) is 9.41. The molecule has 0 radical (unpaired) electrons. The molecule has 0 fully saturated rings. The normalized spacial score (nSPS) is 23.5. The van der Waals surface area contributed by atoms with Crippen LogP contribution in [0.4, 0.5) is 18.9 Å². The number of benzene rings is 1. The van der Waals surface area contributed by atoms with Gasteiger partial charge in [0.1, 0.15) is 0 Å². The van der Waals surface area contributed by atoms with Crippen LogP contribution in [0.1, 0.15) is 5.56 Å². The zero-order valence-electron chi connectivity index (χ0n) is 7.90. The summed E-state index contributed by atoms with van der Waals surface area (Å²) >= 11 is 11.2. The number of alkyl halides is 3. The van der Waals surface area contributed by atoms with Gasteiger partial charge in [-0.15, -0.1) is 0 Å². The Bertz CT molecular complexity index is 518. The van der Waals surface area contributed by atoms with Gasteiger partial charge in [-0.3, -0.25) is 4.79 Å². The van der Waals surface area contributed by atoms with Gasteiger partial charge >= 0.3 is 6.18 Å². The van der Waals surface area contributed by atoms with E-state index >= 15 is 0 Å². The van der Waals surface area contributed by atoms with E-state index in [0.29, 0.717) is 0 Å². The Hall–Kier alpha value is -0.980. The number of carbonyl (C=O) groups is 1. The first-order valence-corrected chi connectivity index (χ1v) is 5.03. The molecular formula is C9H4Cl2F3NO2. The van der Waals surface area contributed by atoms with Crippen molar-refractivity contribution in [2.45, 2.75) is 11.8 Å². The molecule has 0 saturated heterocycles. The fraction of sp³-hybridized carbons (Fsp3) is 0.222. The third-order valence-electron chi connectivity index (χ3n) is 2.40. The molecule has 17 heavy (non-hydrogen) atoms. The fourth-order valence-electron chi connectivity index (χ4n) is 1.64. The van der Waals surface area contributed by atoms with Crippen molar-refractivity contribution in [2.75, 3.05) is 5.32 Å². The molecule has 1 aliphatic heterocycles. The molecule has 8 heteroatoms. The molecule has 2 rings (SSSR count). The molecule has 1 aliphatic rings. The van der Waals surface area contributed by atoms with E-state index in [1.54, 1.807) is 0 Å². The van der Waals surface area contributed by atoms with Crippen LogP contribution in [0.15, 0.2) is 12.1 Å². The summed E-state index contributed by atoms with van der Waals surface area (Å²) in [5, 5.41) is 11.1. The summed E-state index contributed by atoms with van der Waals surface area (Å²) in [5.74, 6) is -1.59. The Balaban J connectivity index is 2.75. The third-order valence-corrected chi connectivity index (χ3v) is 2.92. The fourth-order valence-corrected chi connectivity index (χ4v) is 2.27.